The number of hydrogen-bond acceptors (Lipinski definition) is 5. The Bertz CT molecular complexity index is 1050. The predicted molar refractivity (Wildman–Crippen MR) is 115 cm³/mol. The lowest BCUT2D eigenvalue weighted by molar-refractivity contribution is 0.392. The first-order valence-electron chi connectivity index (χ1n) is 9.59. The van der Waals surface area contributed by atoms with Crippen LogP contribution in [0.3, 0.4) is 0 Å². The molecule has 5 nitrogen and oxygen atoms in total. The Kier molecular flexibility index (Phi) is 5.30. The lowest BCUT2D eigenvalue weighted by atomic mass is 10.0. The highest BCUT2D eigenvalue weighted by Crippen LogP contribution is 2.45. The van der Waals surface area contributed by atoms with Crippen molar-refractivity contribution >= 4 is 17.0 Å². The molecule has 0 bridgehead atoms. The second kappa shape index (κ2) is 8.03. The quantitative estimate of drug-likeness (QED) is 0.582. The van der Waals surface area contributed by atoms with Crippen LogP contribution < -0.4 is 18.9 Å². The Morgan fingerprint density at radius 1 is 0.759 bits per heavy atom. The van der Waals surface area contributed by atoms with E-state index in [9.17, 15) is 0 Å². The van der Waals surface area contributed by atoms with Crippen molar-refractivity contribution in [2.24, 2.45) is 4.99 Å². The predicted octanol–water partition coefficient (Wildman–Crippen LogP) is 4.46. The number of rotatable bonds is 6. The number of hydrogen-bond donors (Lipinski definition) is 0. The summed E-state index contributed by atoms with van der Waals surface area (Å²) < 4.78 is 22.6. The highest BCUT2D eigenvalue weighted by atomic mass is 16.5. The molecule has 0 spiro atoms. The van der Waals surface area contributed by atoms with Crippen molar-refractivity contribution in [3.63, 3.8) is 0 Å². The van der Waals surface area contributed by atoms with Crippen LogP contribution in [0, 0.1) is 0 Å². The Labute approximate surface area is 170 Å². The van der Waals surface area contributed by atoms with Gasteiger partial charge in [0.15, 0.2) is 0 Å². The highest BCUT2D eigenvalue weighted by Gasteiger charge is 2.22. The summed E-state index contributed by atoms with van der Waals surface area (Å²) >= 11 is 0. The Balaban J connectivity index is 1.81. The smallest absolute Gasteiger partial charge is 0.139 e. The molecule has 0 saturated heterocycles. The van der Waals surface area contributed by atoms with Gasteiger partial charge in [0.2, 0.25) is 0 Å². The molecule has 150 valence electrons. The van der Waals surface area contributed by atoms with E-state index < -0.39 is 0 Å². The van der Waals surface area contributed by atoms with E-state index in [0.717, 1.165) is 29.2 Å². The van der Waals surface area contributed by atoms with E-state index in [1.54, 1.807) is 28.4 Å². The van der Waals surface area contributed by atoms with Crippen LogP contribution in [0.2, 0.25) is 0 Å². The molecule has 0 unspecified atom stereocenters. The summed E-state index contributed by atoms with van der Waals surface area (Å²) in [7, 11) is 6.58. The van der Waals surface area contributed by atoms with Crippen LogP contribution in [-0.4, -0.2) is 40.7 Å². The lowest BCUT2D eigenvalue weighted by Gasteiger charge is -2.17. The Hall–Kier alpha value is -3.21. The summed E-state index contributed by atoms with van der Waals surface area (Å²) in [6.45, 7) is 0. The first-order chi connectivity index (χ1) is 14.2. The normalized spacial score (nSPS) is 13.7. The number of nitrogens with zero attached hydrogens (tertiary/aromatic N) is 1. The van der Waals surface area contributed by atoms with E-state index in [1.807, 2.05) is 24.4 Å². The summed E-state index contributed by atoms with van der Waals surface area (Å²) in [5.41, 5.74) is 3.60. The minimum atomic E-state index is 0.228. The third kappa shape index (κ3) is 3.37. The molecule has 3 aromatic carbocycles. The second-order valence-electron chi connectivity index (χ2n) is 7.03. The SMILES string of the molecule is COc1ccc(OC)c2c(OC)c(C=NC3Cc4ccccc4C3)cc(OC)c12. The average Bonchev–Trinajstić information content (AvgIpc) is 3.19. The Morgan fingerprint density at radius 3 is 1.90 bits per heavy atom. The molecular formula is C24H25NO4. The maximum Gasteiger partial charge on any atom is 0.139 e. The van der Waals surface area contributed by atoms with Crippen molar-refractivity contribution in [2.45, 2.75) is 18.9 Å². The fourth-order valence-electron chi connectivity index (χ4n) is 4.10. The molecule has 0 radical (unpaired) electrons. The van der Waals surface area contributed by atoms with Gasteiger partial charge in [-0.15, -0.1) is 0 Å². The fraction of sp³-hybridized carbons (Fsp3) is 0.292. The van der Waals surface area contributed by atoms with E-state index in [-0.39, 0.29) is 6.04 Å². The minimum absolute atomic E-state index is 0.228. The van der Waals surface area contributed by atoms with Gasteiger partial charge in [-0.3, -0.25) is 4.99 Å². The summed E-state index contributed by atoms with van der Waals surface area (Å²) in [5, 5.41) is 1.63. The zero-order chi connectivity index (χ0) is 20.4. The van der Waals surface area contributed by atoms with Crippen molar-refractivity contribution in [3.8, 4) is 23.0 Å². The van der Waals surface area contributed by atoms with Crippen molar-refractivity contribution in [1.29, 1.82) is 0 Å². The molecule has 0 aliphatic heterocycles. The van der Waals surface area contributed by atoms with Gasteiger partial charge < -0.3 is 18.9 Å². The third-order valence-electron chi connectivity index (χ3n) is 5.47. The van der Waals surface area contributed by atoms with Gasteiger partial charge in [0.05, 0.1) is 45.3 Å². The largest absolute Gasteiger partial charge is 0.496 e. The average molecular weight is 391 g/mol. The molecule has 29 heavy (non-hydrogen) atoms. The number of ether oxygens (including phenoxy) is 4. The van der Waals surface area contributed by atoms with Crippen LogP contribution in [0.5, 0.6) is 23.0 Å². The number of methoxy groups -OCH3 is 4. The van der Waals surface area contributed by atoms with Crippen molar-refractivity contribution in [1.82, 2.24) is 0 Å². The van der Waals surface area contributed by atoms with Crippen LogP contribution in [0.4, 0.5) is 0 Å². The fourth-order valence-corrected chi connectivity index (χ4v) is 4.10. The molecular weight excluding hydrogens is 366 g/mol. The van der Waals surface area contributed by atoms with Gasteiger partial charge in [-0.1, -0.05) is 24.3 Å². The zero-order valence-electron chi connectivity index (χ0n) is 17.2. The van der Waals surface area contributed by atoms with Gasteiger partial charge >= 0.3 is 0 Å². The van der Waals surface area contributed by atoms with Gasteiger partial charge in [-0.25, -0.2) is 0 Å². The van der Waals surface area contributed by atoms with Crippen LogP contribution >= 0.6 is 0 Å². The first-order valence-corrected chi connectivity index (χ1v) is 9.59. The van der Waals surface area contributed by atoms with E-state index in [4.69, 9.17) is 23.9 Å². The molecule has 0 atom stereocenters. The molecule has 0 heterocycles. The summed E-state index contributed by atoms with van der Waals surface area (Å²) in [5.74, 6) is 2.77. The first kappa shape index (κ1) is 19.1. The molecule has 1 aliphatic rings. The molecule has 0 amide bonds. The van der Waals surface area contributed by atoms with E-state index >= 15 is 0 Å². The third-order valence-corrected chi connectivity index (χ3v) is 5.47. The van der Waals surface area contributed by atoms with Crippen LogP contribution in [0.1, 0.15) is 16.7 Å². The number of fused-ring (bicyclic) bond motifs is 2. The van der Waals surface area contributed by atoms with Gasteiger partial charge in [0, 0.05) is 11.8 Å². The molecule has 0 aromatic heterocycles. The molecule has 1 aliphatic carbocycles. The van der Waals surface area contributed by atoms with Gasteiger partial charge in [0.1, 0.15) is 23.0 Å². The van der Waals surface area contributed by atoms with E-state index in [0.29, 0.717) is 23.0 Å². The zero-order valence-corrected chi connectivity index (χ0v) is 17.2. The maximum absolute atomic E-state index is 5.79. The molecule has 3 aromatic rings. The van der Waals surface area contributed by atoms with Crippen LogP contribution in [0.25, 0.3) is 10.8 Å². The monoisotopic (exact) mass is 391 g/mol. The topological polar surface area (TPSA) is 49.3 Å². The molecule has 5 heteroatoms. The van der Waals surface area contributed by atoms with Gasteiger partial charge in [-0.2, -0.15) is 0 Å². The maximum atomic E-state index is 5.79. The van der Waals surface area contributed by atoms with Crippen molar-refractivity contribution < 1.29 is 18.9 Å². The van der Waals surface area contributed by atoms with Gasteiger partial charge in [0.25, 0.3) is 0 Å². The van der Waals surface area contributed by atoms with Crippen LogP contribution in [0.15, 0.2) is 47.5 Å². The van der Waals surface area contributed by atoms with Crippen molar-refractivity contribution in [2.75, 3.05) is 28.4 Å². The number of benzene rings is 3. The number of aliphatic imine (C=N–C) groups is 1. The molecule has 4 rings (SSSR count). The van der Waals surface area contributed by atoms with E-state index in [1.165, 1.54) is 11.1 Å². The Morgan fingerprint density at radius 2 is 1.34 bits per heavy atom. The van der Waals surface area contributed by atoms with Crippen LogP contribution in [-0.2, 0) is 12.8 Å². The summed E-state index contributed by atoms with van der Waals surface area (Å²) in [6, 6.07) is 14.4. The lowest BCUT2D eigenvalue weighted by Crippen LogP contribution is -2.05. The highest BCUT2D eigenvalue weighted by molar-refractivity contribution is 6.07. The van der Waals surface area contributed by atoms with E-state index in [2.05, 4.69) is 24.3 Å². The minimum Gasteiger partial charge on any atom is -0.496 e. The molecule has 0 fully saturated rings. The van der Waals surface area contributed by atoms with Crippen molar-refractivity contribution in [3.05, 3.63) is 59.2 Å². The molecule has 0 saturated carbocycles. The summed E-state index contributed by atoms with van der Waals surface area (Å²) in [4.78, 5) is 4.86. The summed E-state index contributed by atoms with van der Waals surface area (Å²) in [6.07, 6.45) is 3.80. The van der Waals surface area contributed by atoms with Gasteiger partial charge in [-0.05, 0) is 42.2 Å². The second-order valence-corrected chi connectivity index (χ2v) is 7.03. The standard InChI is InChI=1S/C24H25NO4/c1-26-19-9-10-20(27-2)23-22(19)21(28-3)13-17(24(23)29-4)14-25-18-11-15-7-5-6-8-16(15)12-18/h5-10,13-14,18H,11-12H2,1-4H3. The molecule has 0 N–H and O–H groups in total.